The Morgan fingerprint density at radius 1 is 1.33 bits per heavy atom. The second-order valence-corrected chi connectivity index (χ2v) is 5.23. The third-order valence-electron chi connectivity index (χ3n) is 2.88. The third kappa shape index (κ3) is 5.07. The van der Waals surface area contributed by atoms with Crippen molar-refractivity contribution in [2.45, 2.75) is 32.7 Å². The number of carbonyl (C=O) groups is 1. The summed E-state index contributed by atoms with van der Waals surface area (Å²) in [5, 5.41) is 3.60. The summed E-state index contributed by atoms with van der Waals surface area (Å²) in [7, 11) is 0. The van der Waals surface area contributed by atoms with Gasteiger partial charge in [-0.1, -0.05) is 37.6 Å². The van der Waals surface area contributed by atoms with E-state index in [0.29, 0.717) is 6.54 Å². The molecule has 3 nitrogen and oxygen atoms in total. The van der Waals surface area contributed by atoms with Crippen LogP contribution in [0.2, 0.25) is 5.02 Å². The van der Waals surface area contributed by atoms with Crippen molar-refractivity contribution in [3.8, 4) is 0 Å². The minimum atomic E-state index is -0.416. The predicted octanol–water partition coefficient (Wildman–Crippen LogP) is 2.37. The highest BCUT2D eigenvalue weighted by Crippen LogP contribution is 2.10. The van der Waals surface area contributed by atoms with Crippen molar-refractivity contribution in [3.05, 3.63) is 34.9 Å². The van der Waals surface area contributed by atoms with Gasteiger partial charge in [0.1, 0.15) is 0 Å². The van der Waals surface area contributed by atoms with E-state index in [2.05, 4.69) is 5.32 Å². The topological polar surface area (TPSA) is 55.1 Å². The van der Waals surface area contributed by atoms with E-state index in [9.17, 15) is 4.79 Å². The molecule has 1 rings (SSSR count). The molecule has 18 heavy (non-hydrogen) atoms. The Balaban J connectivity index is 2.23. The highest BCUT2D eigenvalue weighted by Gasteiger charge is 2.15. The first-order chi connectivity index (χ1) is 8.50. The van der Waals surface area contributed by atoms with Crippen molar-refractivity contribution < 1.29 is 4.79 Å². The average molecular weight is 269 g/mol. The van der Waals surface area contributed by atoms with Crippen LogP contribution in [-0.2, 0) is 11.2 Å². The third-order valence-corrected chi connectivity index (χ3v) is 3.13. The van der Waals surface area contributed by atoms with Crippen LogP contribution >= 0.6 is 11.6 Å². The number of aryl methyl sites for hydroxylation is 1. The highest BCUT2D eigenvalue weighted by atomic mass is 35.5. The number of hydrogen-bond donors (Lipinski definition) is 2. The minimum absolute atomic E-state index is 0.0684. The summed E-state index contributed by atoms with van der Waals surface area (Å²) >= 11 is 5.81. The Hall–Kier alpha value is -1.06. The molecule has 0 heterocycles. The van der Waals surface area contributed by atoms with Crippen molar-refractivity contribution in [2.24, 2.45) is 11.7 Å². The molecule has 1 amide bonds. The molecular formula is C14H21ClN2O. The maximum Gasteiger partial charge on any atom is 0.237 e. The van der Waals surface area contributed by atoms with Gasteiger partial charge in [-0.3, -0.25) is 4.79 Å². The van der Waals surface area contributed by atoms with Gasteiger partial charge in [0.15, 0.2) is 0 Å². The molecule has 0 spiro atoms. The highest BCUT2D eigenvalue weighted by molar-refractivity contribution is 6.30. The van der Waals surface area contributed by atoms with Crippen LogP contribution in [0.25, 0.3) is 0 Å². The van der Waals surface area contributed by atoms with Crippen molar-refractivity contribution in [2.75, 3.05) is 6.54 Å². The molecule has 0 aromatic heterocycles. The Labute approximate surface area is 114 Å². The molecule has 3 N–H and O–H groups in total. The normalized spacial score (nSPS) is 12.5. The number of benzene rings is 1. The lowest BCUT2D eigenvalue weighted by atomic mass is 10.0. The zero-order chi connectivity index (χ0) is 13.5. The fourth-order valence-corrected chi connectivity index (χ4v) is 1.70. The summed E-state index contributed by atoms with van der Waals surface area (Å²) in [5.41, 5.74) is 6.97. The minimum Gasteiger partial charge on any atom is -0.355 e. The van der Waals surface area contributed by atoms with Gasteiger partial charge < -0.3 is 11.1 Å². The van der Waals surface area contributed by atoms with Gasteiger partial charge in [0.25, 0.3) is 0 Å². The number of carbonyl (C=O) groups excluding carboxylic acids is 1. The number of hydrogen-bond acceptors (Lipinski definition) is 2. The fourth-order valence-electron chi connectivity index (χ4n) is 1.58. The quantitative estimate of drug-likeness (QED) is 0.779. The molecule has 0 radical (unpaired) electrons. The molecule has 0 fully saturated rings. The molecule has 4 heteroatoms. The lowest BCUT2D eigenvalue weighted by Gasteiger charge is -2.15. The number of amides is 1. The number of nitrogens with one attached hydrogen (secondary N) is 1. The van der Waals surface area contributed by atoms with E-state index in [1.165, 1.54) is 5.56 Å². The van der Waals surface area contributed by atoms with Crippen LogP contribution < -0.4 is 11.1 Å². The lowest BCUT2D eigenvalue weighted by Crippen LogP contribution is -2.44. The predicted molar refractivity (Wildman–Crippen MR) is 75.6 cm³/mol. The van der Waals surface area contributed by atoms with E-state index in [0.717, 1.165) is 17.9 Å². The maximum absolute atomic E-state index is 11.6. The van der Waals surface area contributed by atoms with Crippen LogP contribution in [0.3, 0.4) is 0 Å². The van der Waals surface area contributed by atoms with Gasteiger partial charge in [-0.25, -0.2) is 0 Å². The lowest BCUT2D eigenvalue weighted by molar-refractivity contribution is -0.123. The van der Waals surface area contributed by atoms with E-state index in [4.69, 9.17) is 17.3 Å². The molecule has 0 saturated carbocycles. The summed E-state index contributed by atoms with van der Waals surface area (Å²) in [5.74, 6) is 0.0994. The molecule has 100 valence electrons. The number of nitrogens with two attached hydrogens (primary N) is 1. The zero-order valence-electron chi connectivity index (χ0n) is 10.9. The van der Waals surface area contributed by atoms with E-state index in [1.54, 1.807) is 0 Å². The van der Waals surface area contributed by atoms with Gasteiger partial charge in [0.05, 0.1) is 6.04 Å². The number of rotatable bonds is 6. The van der Waals surface area contributed by atoms with Crippen LogP contribution in [0.4, 0.5) is 0 Å². The van der Waals surface area contributed by atoms with E-state index >= 15 is 0 Å². The molecule has 0 saturated heterocycles. The molecule has 0 aliphatic carbocycles. The smallest absolute Gasteiger partial charge is 0.237 e. The summed E-state index contributed by atoms with van der Waals surface area (Å²) in [6.45, 7) is 4.54. The van der Waals surface area contributed by atoms with Gasteiger partial charge in [0, 0.05) is 11.6 Å². The molecule has 1 atom stereocenters. The Kier molecular flexibility index (Phi) is 6.16. The summed E-state index contributed by atoms with van der Waals surface area (Å²) < 4.78 is 0. The van der Waals surface area contributed by atoms with Crippen molar-refractivity contribution in [1.82, 2.24) is 5.32 Å². The van der Waals surface area contributed by atoms with E-state index in [-0.39, 0.29) is 11.8 Å². The molecule has 0 bridgehead atoms. The van der Waals surface area contributed by atoms with Crippen LogP contribution in [0.15, 0.2) is 24.3 Å². The van der Waals surface area contributed by atoms with Crippen LogP contribution in [0, 0.1) is 5.92 Å². The fraction of sp³-hybridized carbons (Fsp3) is 0.500. The molecule has 0 aliphatic rings. The summed E-state index contributed by atoms with van der Waals surface area (Å²) in [6, 6.07) is 7.35. The molecule has 0 aliphatic heterocycles. The van der Waals surface area contributed by atoms with Gasteiger partial charge in [-0.15, -0.1) is 0 Å². The molecule has 1 aromatic rings. The molecule has 1 aromatic carbocycles. The molecular weight excluding hydrogens is 248 g/mol. The summed E-state index contributed by atoms with van der Waals surface area (Å²) in [6.07, 6.45) is 1.83. The monoisotopic (exact) mass is 268 g/mol. The second kappa shape index (κ2) is 7.39. The second-order valence-electron chi connectivity index (χ2n) is 4.79. The zero-order valence-corrected chi connectivity index (χ0v) is 11.7. The standard InChI is InChI=1S/C14H21ClN2O/c1-10(2)13(16)14(18)17-9-3-4-11-5-7-12(15)8-6-11/h5-8,10,13H,3-4,9,16H2,1-2H3,(H,17,18)/t13-/m0/s1. The largest absolute Gasteiger partial charge is 0.355 e. The van der Waals surface area contributed by atoms with Crippen molar-refractivity contribution in [3.63, 3.8) is 0 Å². The SMILES string of the molecule is CC(C)[C@H](N)C(=O)NCCCc1ccc(Cl)cc1. The maximum atomic E-state index is 11.6. The Morgan fingerprint density at radius 2 is 1.94 bits per heavy atom. The van der Waals surface area contributed by atoms with Crippen molar-refractivity contribution in [1.29, 1.82) is 0 Å². The van der Waals surface area contributed by atoms with E-state index < -0.39 is 6.04 Å². The first-order valence-electron chi connectivity index (χ1n) is 6.28. The van der Waals surface area contributed by atoms with Gasteiger partial charge in [-0.05, 0) is 36.5 Å². The Bertz CT molecular complexity index is 376. The van der Waals surface area contributed by atoms with Crippen LogP contribution in [0.5, 0.6) is 0 Å². The van der Waals surface area contributed by atoms with E-state index in [1.807, 2.05) is 38.1 Å². The van der Waals surface area contributed by atoms with Gasteiger partial charge >= 0.3 is 0 Å². The van der Waals surface area contributed by atoms with Gasteiger partial charge in [0.2, 0.25) is 5.91 Å². The average Bonchev–Trinajstić information content (AvgIpc) is 2.35. The number of halogens is 1. The first kappa shape index (κ1) is 15.0. The van der Waals surface area contributed by atoms with Gasteiger partial charge in [-0.2, -0.15) is 0 Å². The Morgan fingerprint density at radius 3 is 2.50 bits per heavy atom. The van der Waals surface area contributed by atoms with Crippen LogP contribution in [-0.4, -0.2) is 18.5 Å². The summed E-state index contributed by atoms with van der Waals surface area (Å²) in [4.78, 5) is 11.6. The van der Waals surface area contributed by atoms with Crippen LogP contribution in [0.1, 0.15) is 25.8 Å². The first-order valence-corrected chi connectivity index (χ1v) is 6.66. The molecule has 0 unspecified atom stereocenters. The van der Waals surface area contributed by atoms with Crippen molar-refractivity contribution >= 4 is 17.5 Å².